The van der Waals surface area contributed by atoms with Crippen LogP contribution in [0, 0.1) is 13.8 Å². The molecule has 1 heterocycles. The summed E-state index contributed by atoms with van der Waals surface area (Å²) in [6, 6.07) is 13.5. The van der Waals surface area contributed by atoms with Gasteiger partial charge in [-0.05, 0) is 55.8 Å². The van der Waals surface area contributed by atoms with Crippen LogP contribution in [-0.4, -0.2) is 34.6 Å². The largest absolute Gasteiger partial charge is 0.435 e. The Morgan fingerprint density at radius 3 is 2.48 bits per heavy atom. The predicted molar refractivity (Wildman–Crippen MR) is 96.6 cm³/mol. The van der Waals surface area contributed by atoms with Gasteiger partial charge < -0.3 is 9.64 Å². The maximum absolute atomic E-state index is 12.8. The number of hydrogen-bond donors (Lipinski definition) is 0. The molecule has 0 aliphatic carbocycles. The van der Waals surface area contributed by atoms with E-state index < -0.39 is 6.61 Å². The second kappa shape index (κ2) is 7.53. The third-order valence-electron chi connectivity index (χ3n) is 4.10. The van der Waals surface area contributed by atoms with Gasteiger partial charge in [0.25, 0.3) is 5.91 Å². The number of amides is 1. The van der Waals surface area contributed by atoms with Crippen molar-refractivity contribution in [3.63, 3.8) is 0 Å². The van der Waals surface area contributed by atoms with Crippen LogP contribution in [0.1, 0.15) is 21.7 Å². The van der Waals surface area contributed by atoms with Gasteiger partial charge in [-0.3, -0.25) is 4.79 Å². The number of nitrogens with zero attached hydrogens (tertiary/aromatic N) is 4. The standard InChI is InChI=1S/C19H18F2N4O2/c1-12-5-4-6-15(11-12)24(3)18(26)17-13(2)25(23-22-17)14-7-9-16(10-8-14)27-19(20)21/h4-11,19H,1-3H3. The number of carbonyl (C=O) groups excluding carboxylic acids is 1. The molecule has 0 atom stereocenters. The number of anilines is 1. The first-order valence-corrected chi connectivity index (χ1v) is 8.19. The lowest BCUT2D eigenvalue weighted by Gasteiger charge is -2.16. The highest BCUT2D eigenvalue weighted by Crippen LogP contribution is 2.21. The number of aryl methyl sites for hydroxylation is 1. The fourth-order valence-corrected chi connectivity index (χ4v) is 2.65. The molecular weight excluding hydrogens is 354 g/mol. The van der Waals surface area contributed by atoms with Gasteiger partial charge in [0.15, 0.2) is 5.69 Å². The van der Waals surface area contributed by atoms with E-state index in [1.807, 2.05) is 31.2 Å². The van der Waals surface area contributed by atoms with Crippen LogP contribution in [0.3, 0.4) is 0 Å². The van der Waals surface area contributed by atoms with Crippen LogP contribution in [0.5, 0.6) is 5.75 Å². The maximum atomic E-state index is 12.8. The molecule has 0 fully saturated rings. The van der Waals surface area contributed by atoms with Gasteiger partial charge >= 0.3 is 6.61 Å². The molecule has 140 valence electrons. The van der Waals surface area contributed by atoms with Crippen molar-refractivity contribution in [3.8, 4) is 11.4 Å². The van der Waals surface area contributed by atoms with Crippen molar-refractivity contribution >= 4 is 11.6 Å². The third kappa shape index (κ3) is 3.94. The predicted octanol–water partition coefficient (Wildman–Crippen LogP) is 3.76. The van der Waals surface area contributed by atoms with E-state index in [1.54, 1.807) is 26.1 Å². The molecule has 0 saturated carbocycles. The Labute approximate surface area is 155 Å². The van der Waals surface area contributed by atoms with Gasteiger partial charge in [0.05, 0.1) is 11.4 Å². The lowest BCUT2D eigenvalue weighted by molar-refractivity contribution is -0.0498. The van der Waals surface area contributed by atoms with Crippen molar-refractivity contribution in [3.05, 3.63) is 65.5 Å². The van der Waals surface area contributed by atoms with Gasteiger partial charge in [0.2, 0.25) is 0 Å². The van der Waals surface area contributed by atoms with Crippen molar-refractivity contribution in [1.82, 2.24) is 15.0 Å². The van der Waals surface area contributed by atoms with Gasteiger partial charge in [-0.15, -0.1) is 5.10 Å². The molecule has 1 amide bonds. The van der Waals surface area contributed by atoms with Gasteiger partial charge in [0.1, 0.15) is 5.75 Å². The van der Waals surface area contributed by atoms with E-state index in [4.69, 9.17) is 0 Å². The van der Waals surface area contributed by atoms with Gasteiger partial charge in [-0.2, -0.15) is 8.78 Å². The molecule has 8 heteroatoms. The number of hydrogen-bond acceptors (Lipinski definition) is 4. The fourth-order valence-electron chi connectivity index (χ4n) is 2.65. The fraction of sp³-hybridized carbons (Fsp3) is 0.211. The van der Waals surface area contributed by atoms with Gasteiger partial charge in [-0.1, -0.05) is 17.3 Å². The topological polar surface area (TPSA) is 60.2 Å². The number of halogens is 2. The highest BCUT2D eigenvalue weighted by Gasteiger charge is 2.22. The first-order valence-electron chi connectivity index (χ1n) is 8.19. The molecule has 0 radical (unpaired) electrons. The minimum absolute atomic E-state index is 0.0435. The number of aromatic nitrogens is 3. The van der Waals surface area contributed by atoms with Crippen LogP contribution in [0.25, 0.3) is 5.69 Å². The van der Waals surface area contributed by atoms with E-state index in [0.717, 1.165) is 11.3 Å². The number of ether oxygens (including phenoxy) is 1. The van der Waals surface area contributed by atoms with Crippen LogP contribution >= 0.6 is 0 Å². The Bertz CT molecular complexity index is 955. The Hall–Kier alpha value is -3.29. The summed E-state index contributed by atoms with van der Waals surface area (Å²) >= 11 is 0. The van der Waals surface area contributed by atoms with Crippen molar-refractivity contribution in [2.45, 2.75) is 20.5 Å². The van der Waals surface area contributed by atoms with Crippen LogP contribution in [0.2, 0.25) is 0 Å². The van der Waals surface area contributed by atoms with E-state index in [0.29, 0.717) is 11.4 Å². The summed E-state index contributed by atoms with van der Waals surface area (Å²) < 4.78 is 30.3. The zero-order valence-corrected chi connectivity index (χ0v) is 15.1. The summed E-state index contributed by atoms with van der Waals surface area (Å²) in [5.74, 6) is -0.246. The van der Waals surface area contributed by atoms with Crippen LogP contribution < -0.4 is 9.64 Å². The summed E-state index contributed by atoms with van der Waals surface area (Å²) in [7, 11) is 1.67. The average Bonchev–Trinajstić information content (AvgIpc) is 3.02. The first-order chi connectivity index (χ1) is 12.9. The smallest absolute Gasteiger partial charge is 0.387 e. The van der Waals surface area contributed by atoms with Crippen molar-refractivity contribution < 1.29 is 18.3 Å². The normalized spacial score (nSPS) is 10.9. The Kier molecular flexibility index (Phi) is 5.16. The summed E-state index contributed by atoms with van der Waals surface area (Å²) in [5, 5.41) is 8.02. The first kappa shape index (κ1) is 18.5. The van der Waals surface area contributed by atoms with E-state index in [2.05, 4.69) is 15.0 Å². The minimum Gasteiger partial charge on any atom is -0.435 e. The molecule has 0 aliphatic rings. The zero-order chi connectivity index (χ0) is 19.6. The molecule has 0 saturated heterocycles. The minimum atomic E-state index is -2.88. The zero-order valence-electron chi connectivity index (χ0n) is 15.1. The summed E-state index contributed by atoms with van der Waals surface area (Å²) in [6.07, 6.45) is 0. The third-order valence-corrected chi connectivity index (χ3v) is 4.10. The Morgan fingerprint density at radius 1 is 1.15 bits per heavy atom. The molecule has 0 unspecified atom stereocenters. The molecule has 3 rings (SSSR count). The number of benzene rings is 2. The average molecular weight is 372 g/mol. The van der Waals surface area contributed by atoms with E-state index in [-0.39, 0.29) is 17.4 Å². The molecule has 0 bridgehead atoms. The van der Waals surface area contributed by atoms with Crippen LogP contribution in [0.15, 0.2) is 48.5 Å². The molecule has 2 aromatic carbocycles. The highest BCUT2D eigenvalue weighted by molar-refractivity contribution is 6.05. The van der Waals surface area contributed by atoms with Crippen molar-refractivity contribution in [2.75, 3.05) is 11.9 Å². The molecule has 3 aromatic rings. The quantitative estimate of drug-likeness (QED) is 0.684. The van der Waals surface area contributed by atoms with E-state index >= 15 is 0 Å². The maximum Gasteiger partial charge on any atom is 0.387 e. The highest BCUT2D eigenvalue weighted by atomic mass is 19.3. The summed E-state index contributed by atoms with van der Waals surface area (Å²) in [6.45, 7) is 0.788. The Balaban J connectivity index is 1.85. The van der Waals surface area contributed by atoms with E-state index in [1.165, 1.54) is 21.7 Å². The molecular formula is C19H18F2N4O2. The monoisotopic (exact) mass is 372 g/mol. The summed E-state index contributed by atoms with van der Waals surface area (Å²) in [5.41, 5.74) is 3.13. The molecule has 27 heavy (non-hydrogen) atoms. The summed E-state index contributed by atoms with van der Waals surface area (Å²) in [4.78, 5) is 14.3. The Morgan fingerprint density at radius 2 is 1.85 bits per heavy atom. The number of alkyl halides is 2. The van der Waals surface area contributed by atoms with E-state index in [9.17, 15) is 13.6 Å². The number of rotatable bonds is 5. The molecule has 6 nitrogen and oxygen atoms in total. The van der Waals surface area contributed by atoms with Gasteiger partial charge in [0, 0.05) is 12.7 Å². The second-order valence-corrected chi connectivity index (χ2v) is 6.01. The number of carbonyl (C=O) groups is 1. The molecule has 0 spiro atoms. The van der Waals surface area contributed by atoms with Crippen molar-refractivity contribution in [1.29, 1.82) is 0 Å². The molecule has 1 aromatic heterocycles. The SMILES string of the molecule is Cc1cccc(N(C)C(=O)c2nnn(-c3ccc(OC(F)F)cc3)c2C)c1. The lowest BCUT2D eigenvalue weighted by Crippen LogP contribution is -2.27. The second-order valence-electron chi connectivity index (χ2n) is 6.01. The molecule has 0 N–H and O–H groups in total. The molecule has 0 aliphatic heterocycles. The van der Waals surface area contributed by atoms with Crippen LogP contribution in [-0.2, 0) is 0 Å². The lowest BCUT2D eigenvalue weighted by atomic mass is 10.2. The van der Waals surface area contributed by atoms with Crippen molar-refractivity contribution in [2.24, 2.45) is 0 Å². The van der Waals surface area contributed by atoms with Gasteiger partial charge in [-0.25, -0.2) is 4.68 Å². The van der Waals surface area contributed by atoms with Crippen LogP contribution in [0.4, 0.5) is 14.5 Å².